The highest BCUT2D eigenvalue weighted by atomic mass is 16.2. The Labute approximate surface area is 158 Å². The van der Waals surface area contributed by atoms with Gasteiger partial charge in [-0.3, -0.25) is 9.69 Å². The summed E-state index contributed by atoms with van der Waals surface area (Å²) in [5, 5.41) is 0. The van der Waals surface area contributed by atoms with Crippen LogP contribution in [0.15, 0.2) is 24.3 Å². The first kappa shape index (κ1) is 17.8. The largest absolute Gasteiger partial charge is 0.371 e. The summed E-state index contributed by atoms with van der Waals surface area (Å²) in [6, 6.07) is 9.38. The summed E-state index contributed by atoms with van der Waals surface area (Å²) < 4.78 is 0. The second kappa shape index (κ2) is 7.22. The minimum atomic E-state index is -0.0533. The second-order valence-corrected chi connectivity index (χ2v) is 8.55. The third-order valence-corrected chi connectivity index (χ3v) is 6.92. The number of nitrogens with zero attached hydrogens (tertiary/aromatic N) is 3. The van der Waals surface area contributed by atoms with Crippen LogP contribution in [-0.4, -0.2) is 61.0 Å². The molecule has 0 radical (unpaired) electrons. The van der Waals surface area contributed by atoms with Crippen LogP contribution in [0.1, 0.15) is 44.6 Å². The molecule has 3 fully saturated rings. The van der Waals surface area contributed by atoms with Crippen LogP contribution < -0.4 is 4.90 Å². The van der Waals surface area contributed by atoms with Gasteiger partial charge in [-0.15, -0.1) is 0 Å². The summed E-state index contributed by atoms with van der Waals surface area (Å²) in [5.74, 6) is 0.444. The van der Waals surface area contributed by atoms with Crippen molar-refractivity contribution in [3.05, 3.63) is 29.8 Å². The van der Waals surface area contributed by atoms with E-state index < -0.39 is 0 Å². The maximum Gasteiger partial charge on any atom is 0.230 e. The van der Waals surface area contributed by atoms with Gasteiger partial charge >= 0.3 is 0 Å². The summed E-state index contributed by atoms with van der Waals surface area (Å²) in [6.07, 6.45) is 5.66. The molecule has 0 bridgehead atoms. The van der Waals surface area contributed by atoms with Crippen molar-refractivity contribution >= 4 is 11.6 Å². The van der Waals surface area contributed by atoms with E-state index in [0.29, 0.717) is 11.9 Å². The van der Waals surface area contributed by atoms with Gasteiger partial charge in [-0.2, -0.15) is 0 Å². The molecule has 1 unspecified atom stereocenters. The number of carbonyl (C=O) groups is 1. The van der Waals surface area contributed by atoms with Crippen LogP contribution in [0, 0.1) is 12.3 Å². The quantitative estimate of drug-likeness (QED) is 0.829. The molecule has 0 aliphatic carbocycles. The highest BCUT2D eigenvalue weighted by molar-refractivity contribution is 5.85. The number of hydrogen-bond donors (Lipinski definition) is 0. The summed E-state index contributed by atoms with van der Waals surface area (Å²) in [6.45, 7) is 10.7. The molecule has 1 spiro atoms. The molecule has 0 aromatic heterocycles. The van der Waals surface area contributed by atoms with Gasteiger partial charge in [-0.1, -0.05) is 25.1 Å². The summed E-state index contributed by atoms with van der Waals surface area (Å²) in [7, 11) is 0. The lowest BCUT2D eigenvalue weighted by molar-refractivity contribution is -0.135. The van der Waals surface area contributed by atoms with Crippen molar-refractivity contribution in [1.82, 2.24) is 9.80 Å². The molecule has 3 saturated heterocycles. The average molecular weight is 356 g/mol. The van der Waals surface area contributed by atoms with E-state index in [-0.39, 0.29) is 5.41 Å². The standard InChI is InChI=1S/C22H33N3O/c1-3-12-24-15-10-22(21(24)26)11-16-25(17-22)19-8-13-23(14-9-19)20-7-5-4-6-18(20)2/h4-7,19H,3,8-17H2,1-2H3. The average Bonchev–Trinajstić information content (AvgIpc) is 3.23. The van der Waals surface area contributed by atoms with Crippen LogP contribution in [-0.2, 0) is 4.79 Å². The third-order valence-electron chi connectivity index (χ3n) is 6.92. The number of benzene rings is 1. The number of anilines is 1. The molecule has 1 aromatic rings. The summed E-state index contributed by atoms with van der Waals surface area (Å²) in [4.78, 5) is 20.2. The number of likely N-dealkylation sites (tertiary alicyclic amines) is 2. The minimum Gasteiger partial charge on any atom is -0.371 e. The zero-order valence-electron chi connectivity index (χ0n) is 16.4. The van der Waals surface area contributed by atoms with E-state index in [2.05, 4.69) is 52.8 Å². The Balaban J connectivity index is 1.35. The van der Waals surface area contributed by atoms with Gasteiger partial charge in [0.1, 0.15) is 0 Å². The van der Waals surface area contributed by atoms with Crippen molar-refractivity contribution < 1.29 is 4.79 Å². The van der Waals surface area contributed by atoms with Crippen molar-refractivity contribution in [1.29, 1.82) is 0 Å². The van der Waals surface area contributed by atoms with Crippen LogP contribution in [0.4, 0.5) is 5.69 Å². The Morgan fingerprint density at radius 2 is 1.81 bits per heavy atom. The Morgan fingerprint density at radius 3 is 2.54 bits per heavy atom. The number of amides is 1. The third kappa shape index (κ3) is 3.13. The lowest BCUT2D eigenvalue weighted by Crippen LogP contribution is -2.45. The first-order valence-electron chi connectivity index (χ1n) is 10.5. The lowest BCUT2D eigenvalue weighted by atomic mass is 9.85. The molecule has 3 aliphatic rings. The van der Waals surface area contributed by atoms with Crippen molar-refractivity contribution in [2.45, 2.75) is 52.0 Å². The second-order valence-electron chi connectivity index (χ2n) is 8.55. The Morgan fingerprint density at radius 1 is 1.08 bits per heavy atom. The Hall–Kier alpha value is -1.55. The summed E-state index contributed by atoms with van der Waals surface area (Å²) in [5.41, 5.74) is 2.71. The molecule has 4 heteroatoms. The van der Waals surface area contributed by atoms with E-state index >= 15 is 0 Å². The van der Waals surface area contributed by atoms with E-state index in [9.17, 15) is 4.79 Å². The number of aryl methyl sites for hydroxylation is 1. The number of para-hydroxylation sites is 1. The van der Waals surface area contributed by atoms with Gasteiger partial charge in [-0.25, -0.2) is 0 Å². The predicted octanol–water partition coefficient (Wildman–Crippen LogP) is 3.30. The number of rotatable bonds is 4. The molecule has 0 saturated carbocycles. The SMILES string of the molecule is CCCN1CCC2(CCN(C3CCN(c4ccccc4C)CC3)C2)C1=O. The topological polar surface area (TPSA) is 26.8 Å². The lowest BCUT2D eigenvalue weighted by Gasteiger charge is -2.39. The van der Waals surface area contributed by atoms with Gasteiger partial charge in [0.15, 0.2) is 0 Å². The fourth-order valence-corrected chi connectivity index (χ4v) is 5.36. The Bertz CT molecular complexity index is 653. The molecular formula is C22H33N3O. The van der Waals surface area contributed by atoms with Crippen LogP contribution in [0.3, 0.4) is 0 Å². The fraction of sp³-hybridized carbons (Fsp3) is 0.682. The first-order chi connectivity index (χ1) is 12.6. The molecule has 3 aliphatic heterocycles. The van der Waals surface area contributed by atoms with Crippen molar-refractivity contribution in [2.24, 2.45) is 5.41 Å². The monoisotopic (exact) mass is 355 g/mol. The predicted molar refractivity (Wildman–Crippen MR) is 107 cm³/mol. The van der Waals surface area contributed by atoms with Crippen molar-refractivity contribution in [3.63, 3.8) is 0 Å². The van der Waals surface area contributed by atoms with E-state index in [0.717, 1.165) is 58.5 Å². The molecular weight excluding hydrogens is 322 g/mol. The van der Waals surface area contributed by atoms with Crippen LogP contribution in [0.25, 0.3) is 0 Å². The van der Waals surface area contributed by atoms with Gasteiger partial charge in [0, 0.05) is 44.5 Å². The maximum absolute atomic E-state index is 12.9. The van der Waals surface area contributed by atoms with E-state index in [1.54, 1.807) is 0 Å². The molecule has 1 amide bonds. The van der Waals surface area contributed by atoms with E-state index in [1.165, 1.54) is 24.1 Å². The normalized spacial score (nSPS) is 27.8. The highest BCUT2D eigenvalue weighted by Gasteiger charge is 2.51. The van der Waals surface area contributed by atoms with Crippen molar-refractivity contribution in [2.75, 3.05) is 44.2 Å². The number of piperidine rings is 1. The molecule has 142 valence electrons. The van der Waals surface area contributed by atoms with Crippen LogP contribution in [0.5, 0.6) is 0 Å². The van der Waals surface area contributed by atoms with E-state index in [1.807, 2.05) is 0 Å². The zero-order chi connectivity index (χ0) is 18.1. The van der Waals surface area contributed by atoms with Crippen LogP contribution >= 0.6 is 0 Å². The van der Waals surface area contributed by atoms with Gasteiger partial charge in [-0.05, 0) is 57.2 Å². The molecule has 4 nitrogen and oxygen atoms in total. The maximum atomic E-state index is 12.9. The zero-order valence-corrected chi connectivity index (χ0v) is 16.4. The molecule has 0 N–H and O–H groups in total. The molecule has 4 rings (SSSR count). The van der Waals surface area contributed by atoms with E-state index in [4.69, 9.17) is 0 Å². The van der Waals surface area contributed by atoms with Gasteiger partial charge in [0.05, 0.1) is 5.41 Å². The number of hydrogen-bond acceptors (Lipinski definition) is 3. The van der Waals surface area contributed by atoms with Gasteiger partial charge in [0.25, 0.3) is 0 Å². The molecule has 26 heavy (non-hydrogen) atoms. The Kier molecular flexibility index (Phi) is 4.96. The molecule has 1 atom stereocenters. The van der Waals surface area contributed by atoms with Gasteiger partial charge < -0.3 is 9.80 Å². The van der Waals surface area contributed by atoms with Gasteiger partial charge in [0.2, 0.25) is 5.91 Å². The highest BCUT2D eigenvalue weighted by Crippen LogP contribution is 2.42. The number of carbonyl (C=O) groups excluding carboxylic acids is 1. The fourth-order valence-electron chi connectivity index (χ4n) is 5.36. The molecule has 3 heterocycles. The minimum absolute atomic E-state index is 0.0533. The van der Waals surface area contributed by atoms with Crippen LogP contribution in [0.2, 0.25) is 0 Å². The molecule has 1 aromatic carbocycles. The smallest absolute Gasteiger partial charge is 0.230 e. The first-order valence-corrected chi connectivity index (χ1v) is 10.5. The summed E-state index contributed by atoms with van der Waals surface area (Å²) >= 11 is 0. The van der Waals surface area contributed by atoms with Crippen molar-refractivity contribution in [3.8, 4) is 0 Å².